The maximum atomic E-state index is 12.8. The van der Waals surface area contributed by atoms with E-state index in [9.17, 15) is 9.59 Å². The van der Waals surface area contributed by atoms with Crippen LogP contribution in [-0.2, 0) is 39.8 Å². The fraction of sp³-hybridized carbons (Fsp3) is 0.692. The summed E-state index contributed by atoms with van der Waals surface area (Å²) in [4.78, 5) is 25.3. The quantitative estimate of drug-likeness (QED) is 0.165. The van der Waals surface area contributed by atoms with E-state index in [1.54, 1.807) is 0 Å². The summed E-state index contributed by atoms with van der Waals surface area (Å²) in [6.45, 7) is 6.30. The van der Waals surface area contributed by atoms with Crippen LogP contribution in [0.2, 0.25) is 0 Å². The normalized spacial score (nSPS) is 11.1. The number of carboxylic acid groups (broad SMARTS) is 1. The SMILES string of the molecule is NCCOCCOCCOCCOCCOCCC(=O)N(CCCCCC(=O)O)Cc1ccc(Br)cc1. The molecule has 0 fully saturated rings. The lowest BCUT2D eigenvalue weighted by molar-refractivity contribution is -0.137. The largest absolute Gasteiger partial charge is 0.481 e. The molecular formula is C26H43BrN2O8. The van der Waals surface area contributed by atoms with Crippen LogP contribution in [0.25, 0.3) is 0 Å². The molecule has 1 rings (SSSR count). The van der Waals surface area contributed by atoms with Gasteiger partial charge in [-0.2, -0.15) is 0 Å². The fourth-order valence-corrected chi connectivity index (χ4v) is 3.50. The molecule has 0 radical (unpaired) electrons. The van der Waals surface area contributed by atoms with Crippen LogP contribution in [-0.4, -0.2) is 101 Å². The minimum Gasteiger partial charge on any atom is -0.481 e. The number of nitrogens with two attached hydrogens (primary N) is 1. The summed E-state index contributed by atoms with van der Waals surface area (Å²) in [6, 6.07) is 7.88. The van der Waals surface area contributed by atoms with Gasteiger partial charge in [0.25, 0.3) is 0 Å². The first-order valence-corrected chi connectivity index (χ1v) is 13.6. The van der Waals surface area contributed by atoms with Gasteiger partial charge in [0.15, 0.2) is 0 Å². The highest BCUT2D eigenvalue weighted by Gasteiger charge is 2.14. The number of amides is 1. The van der Waals surface area contributed by atoms with Gasteiger partial charge in [0.05, 0.1) is 72.5 Å². The van der Waals surface area contributed by atoms with Crippen molar-refractivity contribution < 1.29 is 38.4 Å². The molecule has 3 N–H and O–H groups in total. The highest BCUT2D eigenvalue weighted by molar-refractivity contribution is 9.10. The first-order chi connectivity index (χ1) is 18.0. The number of rotatable bonds is 25. The summed E-state index contributed by atoms with van der Waals surface area (Å²) in [5, 5.41) is 8.79. The van der Waals surface area contributed by atoms with Crippen molar-refractivity contribution >= 4 is 27.8 Å². The standard InChI is InChI=1S/C26H43BrN2O8/c27-24-7-5-23(6-8-24)22-29(11-3-1-2-4-26(31)32)25(30)9-12-33-14-16-35-18-20-37-21-19-36-17-15-34-13-10-28/h5-8H,1-4,9-22,28H2,(H,31,32). The Bertz CT molecular complexity index is 708. The van der Waals surface area contributed by atoms with Crippen LogP contribution in [0.1, 0.15) is 37.7 Å². The van der Waals surface area contributed by atoms with Crippen LogP contribution in [0, 0.1) is 0 Å². The lowest BCUT2D eigenvalue weighted by atomic mass is 10.1. The van der Waals surface area contributed by atoms with E-state index >= 15 is 0 Å². The molecule has 0 aromatic heterocycles. The summed E-state index contributed by atoms with van der Waals surface area (Å²) in [5.74, 6) is -0.772. The van der Waals surface area contributed by atoms with Gasteiger partial charge in [-0.05, 0) is 30.5 Å². The van der Waals surface area contributed by atoms with Crippen LogP contribution >= 0.6 is 15.9 Å². The van der Waals surface area contributed by atoms with Crippen molar-refractivity contribution in [3.05, 3.63) is 34.3 Å². The Morgan fingerprint density at radius 3 is 1.76 bits per heavy atom. The van der Waals surface area contributed by atoms with E-state index in [1.807, 2.05) is 29.2 Å². The number of hydrogen-bond donors (Lipinski definition) is 2. The molecule has 0 saturated heterocycles. The molecule has 10 nitrogen and oxygen atoms in total. The van der Waals surface area contributed by atoms with Gasteiger partial charge in [-0.25, -0.2) is 0 Å². The average molecular weight is 592 g/mol. The van der Waals surface area contributed by atoms with Crippen molar-refractivity contribution in [3.8, 4) is 0 Å². The number of aliphatic carboxylic acids is 1. The molecule has 212 valence electrons. The van der Waals surface area contributed by atoms with Crippen LogP contribution in [0.3, 0.4) is 0 Å². The van der Waals surface area contributed by atoms with Crippen LogP contribution < -0.4 is 5.73 Å². The van der Waals surface area contributed by atoms with Crippen molar-refractivity contribution in [2.75, 3.05) is 79.2 Å². The third-order valence-electron chi connectivity index (χ3n) is 5.17. The Hall–Kier alpha value is -1.60. The topological polar surface area (TPSA) is 130 Å². The fourth-order valence-electron chi connectivity index (χ4n) is 3.24. The zero-order valence-electron chi connectivity index (χ0n) is 21.7. The van der Waals surface area contributed by atoms with E-state index in [0.717, 1.165) is 22.9 Å². The van der Waals surface area contributed by atoms with Gasteiger partial charge in [0, 0.05) is 30.5 Å². The Morgan fingerprint density at radius 1 is 0.730 bits per heavy atom. The number of benzene rings is 1. The van der Waals surface area contributed by atoms with Crippen molar-refractivity contribution in [2.45, 2.75) is 38.6 Å². The van der Waals surface area contributed by atoms with Crippen LogP contribution in [0.4, 0.5) is 0 Å². The molecule has 0 aliphatic heterocycles. The number of unbranched alkanes of at least 4 members (excludes halogenated alkanes) is 2. The second-order valence-electron chi connectivity index (χ2n) is 8.25. The molecule has 11 heteroatoms. The first kappa shape index (κ1) is 33.4. The van der Waals surface area contributed by atoms with E-state index in [1.165, 1.54) is 0 Å². The zero-order chi connectivity index (χ0) is 27.0. The molecule has 0 atom stereocenters. The zero-order valence-corrected chi connectivity index (χ0v) is 23.3. The van der Waals surface area contributed by atoms with Crippen molar-refractivity contribution in [1.82, 2.24) is 4.90 Å². The number of carbonyl (C=O) groups excluding carboxylic acids is 1. The monoisotopic (exact) mass is 590 g/mol. The third kappa shape index (κ3) is 20.1. The lowest BCUT2D eigenvalue weighted by Crippen LogP contribution is -2.32. The van der Waals surface area contributed by atoms with E-state index < -0.39 is 5.97 Å². The van der Waals surface area contributed by atoms with Gasteiger partial charge in [0.2, 0.25) is 5.91 Å². The van der Waals surface area contributed by atoms with Gasteiger partial charge in [-0.3, -0.25) is 9.59 Å². The predicted molar refractivity (Wildman–Crippen MR) is 143 cm³/mol. The van der Waals surface area contributed by atoms with Gasteiger partial charge in [-0.15, -0.1) is 0 Å². The Labute approximate surface area is 228 Å². The van der Waals surface area contributed by atoms with Crippen LogP contribution in [0.15, 0.2) is 28.7 Å². The Balaban J connectivity index is 2.12. The highest BCUT2D eigenvalue weighted by Crippen LogP contribution is 2.14. The second-order valence-corrected chi connectivity index (χ2v) is 9.16. The number of carbonyl (C=O) groups is 2. The molecule has 37 heavy (non-hydrogen) atoms. The molecule has 0 unspecified atom stereocenters. The second kappa shape index (κ2) is 23.5. The molecule has 0 aliphatic carbocycles. The third-order valence-corrected chi connectivity index (χ3v) is 5.70. The van der Waals surface area contributed by atoms with Gasteiger partial charge >= 0.3 is 5.97 Å². The highest BCUT2D eigenvalue weighted by atomic mass is 79.9. The number of carboxylic acids is 1. The molecule has 0 aliphatic rings. The van der Waals surface area contributed by atoms with Crippen molar-refractivity contribution in [3.63, 3.8) is 0 Å². The minimum absolute atomic E-state index is 0.0173. The van der Waals surface area contributed by atoms with E-state index in [4.69, 9.17) is 34.5 Å². The molecule has 1 amide bonds. The average Bonchev–Trinajstić information content (AvgIpc) is 2.88. The first-order valence-electron chi connectivity index (χ1n) is 12.9. The van der Waals surface area contributed by atoms with Gasteiger partial charge in [0.1, 0.15) is 0 Å². The van der Waals surface area contributed by atoms with Crippen molar-refractivity contribution in [2.24, 2.45) is 5.73 Å². The summed E-state index contributed by atoms with van der Waals surface area (Å²) < 4.78 is 28.0. The predicted octanol–water partition coefficient (Wildman–Crippen LogP) is 2.85. The van der Waals surface area contributed by atoms with E-state index in [0.29, 0.717) is 92.1 Å². The van der Waals surface area contributed by atoms with Crippen molar-refractivity contribution in [1.29, 1.82) is 0 Å². The lowest BCUT2D eigenvalue weighted by Gasteiger charge is -2.23. The smallest absolute Gasteiger partial charge is 0.303 e. The Morgan fingerprint density at radius 2 is 1.24 bits per heavy atom. The summed E-state index contributed by atoms with van der Waals surface area (Å²) in [5.41, 5.74) is 6.37. The maximum Gasteiger partial charge on any atom is 0.303 e. The summed E-state index contributed by atoms with van der Waals surface area (Å²) >= 11 is 3.43. The number of nitrogens with zero attached hydrogens (tertiary/aromatic N) is 1. The molecule has 0 heterocycles. The number of halogens is 1. The van der Waals surface area contributed by atoms with Crippen LogP contribution in [0.5, 0.6) is 0 Å². The molecule has 1 aromatic rings. The number of ether oxygens (including phenoxy) is 5. The molecule has 0 bridgehead atoms. The van der Waals surface area contributed by atoms with E-state index in [-0.39, 0.29) is 18.7 Å². The molecular weight excluding hydrogens is 548 g/mol. The summed E-state index contributed by atoms with van der Waals surface area (Å²) in [7, 11) is 0. The number of hydrogen-bond acceptors (Lipinski definition) is 8. The van der Waals surface area contributed by atoms with Gasteiger partial charge in [-0.1, -0.05) is 34.5 Å². The van der Waals surface area contributed by atoms with Gasteiger partial charge < -0.3 is 39.4 Å². The molecule has 0 saturated carbocycles. The maximum absolute atomic E-state index is 12.8. The van der Waals surface area contributed by atoms with E-state index in [2.05, 4.69) is 15.9 Å². The minimum atomic E-state index is -0.790. The summed E-state index contributed by atoms with van der Waals surface area (Å²) in [6.07, 6.45) is 2.59. The molecule has 1 aromatic carbocycles. The molecule has 0 spiro atoms. The Kier molecular flexibility index (Phi) is 21.2.